The van der Waals surface area contributed by atoms with Gasteiger partial charge in [-0.15, -0.1) is 0 Å². The van der Waals surface area contributed by atoms with E-state index in [2.05, 4.69) is 4.98 Å². The maximum atomic E-state index is 13.0. The summed E-state index contributed by atoms with van der Waals surface area (Å²) in [6, 6.07) is 16.7. The number of hydrogen-bond donors (Lipinski definition) is 1. The predicted molar refractivity (Wildman–Crippen MR) is 103 cm³/mol. The van der Waals surface area contributed by atoms with Crippen LogP contribution < -0.4 is 0 Å². The first-order valence-electron chi connectivity index (χ1n) is 9.07. The number of aromatic carboxylic acids is 1. The highest BCUT2D eigenvalue weighted by Gasteiger charge is 2.28. The van der Waals surface area contributed by atoms with Crippen molar-refractivity contribution in [2.75, 3.05) is 13.1 Å². The van der Waals surface area contributed by atoms with Gasteiger partial charge >= 0.3 is 5.97 Å². The average molecular weight is 360 g/mol. The van der Waals surface area contributed by atoms with Crippen LogP contribution in [0.4, 0.5) is 0 Å². The van der Waals surface area contributed by atoms with Gasteiger partial charge in [0.25, 0.3) is 5.91 Å². The first-order chi connectivity index (χ1) is 13.1. The van der Waals surface area contributed by atoms with Gasteiger partial charge in [0, 0.05) is 24.7 Å². The molecule has 4 rings (SSSR count). The lowest BCUT2D eigenvalue weighted by Gasteiger charge is -2.17. The van der Waals surface area contributed by atoms with Crippen molar-refractivity contribution in [2.24, 2.45) is 5.92 Å². The minimum absolute atomic E-state index is 0.0180. The molecule has 27 heavy (non-hydrogen) atoms. The summed E-state index contributed by atoms with van der Waals surface area (Å²) in [5.41, 5.74) is 1.91. The van der Waals surface area contributed by atoms with Crippen LogP contribution in [0, 0.1) is 5.92 Å². The third-order valence-electron chi connectivity index (χ3n) is 5.17. The number of rotatable bonds is 4. The average Bonchev–Trinajstić information content (AvgIpc) is 3.16. The van der Waals surface area contributed by atoms with E-state index in [4.69, 9.17) is 5.11 Å². The predicted octanol–water partition coefficient (Wildman–Crippen LogP) is 3.64. The lowest BCUT2D eigenvalue weighted by molar-refractivity contribution is 0.0696. The molecule has 1 aromatic heterocycles. The first kappa shape index (κ1) is 17.2. The van der Waals surface area contributed by atoms with Gasteiger partial charge < -0.3 is 10.0 Å². The van der Waals surface area contributed by atoms with E-state index in [-0.39, 0.29) is 5.91 Å². The number of hydrogen-bond acceptors (Lipinski definition) is 3. The summed E-state index contributed by atoms with van der Waals surface area (Å²) in [6.07, 6.45) is 3.47. The summed E-state index contributed by atoms with van der Waals surface area (Å²) < 4.78 is 0. The van der Waals surface area contributed by atoms with Crippen molar-refractivity contribution < 1.29 is 14.7 Å². The van der Waals surface area contributed by atoms with E-state index < -0.39 is 5.97 Å². The van der Waals surface area contributed by atoms with Gasteiger partial charge in [0.1, 0.15) is 5.69 Å². The molecule has 2 aromatic carbocycles. The van der Waals surface area contributed by atoms with Crippen molar-refractivity contribution in [2.45, 2.75) is 12.8 Å². The fourth-order valence-corrected chi connectivity index (χ4v) is 3.74. The minimum atomic E-state index is -0.915. The van der Waals surface area contributed by atoms with Gasteiger partial charge in [-0.25, -0.2) is 4.79 Å². The zero-order chi connectivity index (χ0) is 18.8. The molecule has 1 aliphatic rings. The number of carbonyl (C=O) groups is 2. The number of carboxylic acid groups (broad SMARTS) is 1. The number of nitrogens with zero attached hydrogens (tertiary/aromatic N) is 2. The molecule has 0 spiro atoms. The number of likely N-dealkylation sites (tertiary alicyclic amines) is 1. The number of aromatic nitrogens is 1. The van der Waals surface area contributed by atoms with Gasteiger partial charge in [-0.3, -0.25) is 9.78 Å². The third kappa shape index (κ3) is 3.53. The Bertz CT molecular complexity index is 993. The Labute approximate surface area is 157 Å². The summed E-state index contributed by atoms with van der Waals surface area (Å²) in [6.45, 7) is 1.42. The van der Waals surface area contributed by atoms with Crippen LogP contribution >= 0.6 is 0 Å². The normalized spacial score (nSPS) is 16.6. The molecular formula is C22H20N2O3. The highest BCUT2D eigenvalue weighted by Crippen LogP contribution is 2.24. The second-order valence-electron chi connectivity index (χ2n) is 6.99. The highest BCUT2D eigenvalue weighted by atomic mass is 16.4. The summed E-state index contributed by atoms with van der Waals surface area (Å²) in [5, 5.41) is 10.9. The molecule has 0 radical (unpaired) electrons. The Kier molecular flexibility index (Phi) is 4.59. The molecule has 5 heteroatoms. The zero-order valence-electron chi connectivity index (χ0n) is 14.8. The van der Waals surface area contributed by atoms with E-state index in [0.717, 1.165) is 35.7 Å². The molecule has 1 unspecified atom stereocenters. The van der Waals surface area contributed by atoms with Crippen molar-refractivity contribution in [3.63, 3.8) is 0 Å². The Hall–Kier alpha value is -3.21. The molecule has 1 saturated heterocycles. The van der Waals surface area contributed by atoms with E-state index in [1.807, 2.05) is 47.4 Å². The molecule has 0 aliphatic carbocycles. The van der Waals surface area contributed by atoms with Gasteiger partial charge in [0.05, 0.1) is 5.56 Å². The second-order valence-corrected chi connectivity index (χ2v) is 6.99. The molecular weight excluding hydrogens is 340 g/mol. The molecule has 1 fully saturated rings. The van der Waals surface area contributed by atoms with E-state index in [1.54, 1.807) is 18.3 Å². The topological polar surface area (TPSA) is 70.5 Å². The molecule has 1 aliphatic heterocycles. The van der Waals surface area contributed by atoms with E-state index in [0.29, 0.717) is 23.7 Å². The smallest absolute Gasteiger partial charge is 0.335 e. The Balaban J connectivity index is 1.46. The summed E-state index contributed by atoms with van der Waals surface area (Å²) in [4.78, 5) is 30.1. The van der Waals surface area contributed by atoms with Crippen LogP contribution in [0.15, 0.2) is 60.8 Å². The van der Waals surface area contributed by atoms with Crippen molar-refractivity contribution in [1.82, 2.24) is 9.88 Å². The SMILES string of the molecule is O=C(O)c1ccc(CC2CCN(C(=O)c3nccc4ccccc34)C2)cc1. The minimum Gasteiger partial charge on any atom is -0.478 e. The number of carbonyl (C=O) groups excluding carboxylic acids is 1. The number of carboxylic acids is 1. The monoisotopic (exact) mass is 360 g/mol. The molecule has 136 valence electrons. The third-order valence-corrected chi connectivity index (χ3v) is 5.17. The Morgan fingerprint density at radius 2 is 1.85 bits per heavy atom. The van der Waals surface area contributed by atoms with Gasteiger partial charge in [0.2, 0.25) is 0 Å². The van der Waals surface area contributed by atoms with E-state index in [9.17, 15) is 9.59 Å². The number of fused-ring (bicyclic) bond motifs is 1. The van der Waals surface area contributed by atoms with Crippen LogP contribution in [-0.4, -0.2) is 40.0 Å². The summed E-state index contributed by atoms with van der Waals surface area (Å²) in [7, 11) is 0. The Morgan fingerprint density at radius 3 is 2.63 bits per heavy atom. The largest absolute Gasteiger partial charge is 0.478 e. The van der Waals surface area contributed by atoms with Crippen molar-refractivity contribution in [3.8, 4) is 0 Å². The quantitative estimate of drug-likeness (QED) is 0.771. The standard InChI is InChI=1S/C22H20N2O3/c25-21(20-19-4-2-1-3-17(19)9-11-23-20)24-12-10-16(14-24)13-15-5-7-18(8-6-15)22(26)27/h1-9,11,16H,10,12-14H2,(H,26,27). The van der Waals surface area contributed by atoms with Gasteiger partial charge in [-0.1, -0.05) is 36.4 Å². The van der Waals surface area contributed by atoms with Crippen LogP contribution in [0.3, 0.4) is 0 Å². The van der Waals surface area contributed by atoms with Gasteiger partial charge in [-0.2, -0.15) is 0 Å². The summed E-state index contributed by atoms with van der Waals surface area (Å²) in [5.74, 6) is -0.558. The van der Waals surface area contributed by atoms with Gasteiger partial charge in [-0.05, 0) is 47.9 Å². The van der Waals surface area contributed by atoms with Crippen molar-refractivity contribution in [1.29, 1.82) is 0 Å². The van der Waals surface area contributed by atoms with Crippen LogP contribution in [0.25, 0.3) is 10.8 Å². The van der Waals surface area contributed by atoms with Crippen molar-refractivity contribution >= 4 is 22.6 Å². The molecule has 3 aromatic rings. The number of pyridine rings is 1. The first-order valence-corrected chi connectivity index (χ1v) is 9.07. The van der Waals surface area contributed by atoms with Crippen LogP contribution in [0.2, 0.25) is 0 Å². The number of benzene rings is 2. The molecule has 1 atom stereocenters. The molecule has 2 heterocycles. The Morgan fingerprint density at radius 1 is 1.07 bits per heavy atom. The zero-order valence-corrected chi connectivity index (χ0v) is 14.8. The van der Waals surface area contributed by atoms with Crippen LogP contribution in [0.1, 0.15) is 32.8 Å². The maximum Gasteiger partial charge on any atom is 0.335 e. The second kappa shape index (κ2) is 7.19. The fraction of sp³-hybridized carbons (Fsp3) is 0.227. The van der Waals surface area contributed by atoms with E-state index >= 15 is 0 Å². The lowest BCUT2D eigenvalue weighted by Crippen LogP contribution is -2.29. The number of amides is 1. The molecule has 0 saturated carbocycles. The fourth-order valence-electron chi connectivity index (χ4n) is 3.74. The molecule has 0 bridgehead atoms. The van der Waals surface area contributed by atoms with E-state index in [1.165, 1.54) is 0 Å². The van der Waals surface area contributed by atoms with Gasteiger partial charge in [0.15, 0.2) is 0 Å². The highest BCUT2D eigenvalue weighted by molar-refractivity contribution is 6.05. The maximum absolute atomic E-state index is 13.0. The summed E-state index contributed by atoms with van der Waals surface area (Å²) >= 11 is 0. The lowest BCUT2D eigenvalue weighted by atomic mass is 9.98. The molecule has 1 N–H and O–H groups in total. The van der Waals surface area contributed by atoms with Crippen molar-refractivity contribution in [3.05, 3.63) is 77.6 Å². The molecule has 5 nitrogen and oxygen atoms in total. The molecule has 1 amide bonds. The van der Waals surface area contributed by atoms with Crippen LogP contribution in [-0.2, 0) is 6.42 Å². The van der Waals surface area contributed by atoms with Crippen LogP contribution in [0.5, 0.6) is 0 Å².